The van der Waals surface area contributed by atoms with Crippen LogP contribution in [0.1, 0.15) is 5.56 Å². The lowest BCUT2D eigenvalue weighted by molar-refractivity contribution is 0.361. The molecule has 0 saturated carbocycles. The number of methoxy groups -OCH3 is 1. The number of aryl methyl sites for hydroxylation is 1. The summed E-state index contributed by atoms with van der Waals surface area (Å²) in [7, 11) is 1.14. The molecule has 0 radical (unpaired) electrons. The van der Waals surface area contributed by atoms with E-state index < -0.39 is 29.0 Å². The topological polar surface area (TPSA) is 94.2 Å². The molecule has 0 amide bonds. The Morgan fingerprint density at radius 3 is 2.70 bits per heavy atom. The van der Waals surface area contributed by atoms with Crippen molar-refractivity contribution < 1.29 is 22.3 Å². The summed E-state index contributed by atoms with van der Waals surface area (Å²) in [4.78, 5) is 20.4. The van der Waals surface area contributed by atoms with Crippen molar-refractivity contribution in [1.29, 1.82) is 0 Å². The molecule has 2 N–H and O–H groups in total. The Morgan fingerprint density at radius 2 is 1.93 bits per heavy atom. The van der Waals surface area contributed by atoms with Crippen molar-refractivity contribution in [2.45, 2.75) is 6.92 Å². The van der Waals surface area contributed by atoms with Gasteiger partial charge < -0.3 is 14.5 Å². The second kappa shape index (κ2) is 7.43. The van der Waals surface area contributed by atoms with E-state index in [4.69, 9.17) is 9.15 Å². The Kier molecular flexibility index (Phi) is 4.78. The standard InChI is InChI=1S/C19H14F3N5O3/c1-9-8-23-18(24-12-7-6-11(21)16(29-2)14(12)22)25-17(9)26-27-13-5-3-4-10(20)15(13)30-19(27)28/h3-8H,1-2H3,(H2,23,24,25,26). The Balaban J connectivity index is 1.70. The molecule has 0 aliphatic rings. The Bertz CT molecular complexity index is 1320. The maximum absolute atomic E-state index is 14.4. The van der Waals surface area contributed by atoms with E-state index in [1.165, 1.54) is 30.5 Å². The number of nitrogens with zero attached hydrogens (tertiary/aromatic N) is 3. The van der Waals surface area contributed by atoms with Crippen LogP contribution in [0.15, 0.2) is 45.7 Å². The van der Waals surface area contributed by atoms with E-state index in [9.17, 15) is 18.0 Å². The molecule has 0 bridgehead atoms. The lowest BCUT2D eigenvalue weighted by atomic mass is 10.2. The number of aromatic nitrogens is 3. The van der Waals surface area contributed by atoms with Crippen LogP contribution in [-0.4, -0.2) is 21.8 Å². The molecule has 0 aliphatic heterocycles. The van der Waals surface area contributed by atoms with Crippen molar-refractivity contribution in [1.82, 2.24) is 14.6 Å². The van der Waals surface area contributed by atoms with E-state index in [-0.39, 0.29) is 28.6 Å². The third kappa shape index (κ3) is 3.30. The smallest absolute Gasteiger partial charge is 0.439 e. The predicted molar refractivity (Wildman–Crippen MR) is 102 cm³/mol. The third-order valence-corrected chi connectivity index (χ3v) is 4.25. The zero-order chi connectivity index (χ0) is 21.4. The second-order valence-electron chi connectivity index (χ2n) is 6.20. The van der Waals surface area contributed by atoms with Crippen LogP contribution in [0.3, 0.4) is 0 Å². The van der Waals surface area contributed by atoms with Gasteiger partial charge in [0.05, 0.1) is 12.8 Å². The van der Waals surface area contributed by atoms with Gasteiger partial charge in [-0.1, -0.05) is 6.07 Å². The van der Waals surface area contributed by atoms with E-state index in [0.29, 0.717) is 5.56 Å². The number of para-hydroxylation sites is 1. The van der Waals surface area contributed by atoms with Gasteiger partial charge in [0.1, 0.15) is 5.52 Å². The molecule has 30 heavy (non-hydrogen) atoms. The summed E-state index contributed by atoms with van der Waals surface area (Å²) in [6, 6.07) is 6.28. The van der Waals surface area contributed by atoms with Gasteiger partial charge in [0.2, 0.25) is 5.95 Å². The fourth-order valence-electron chi connectivity index (χ4n) is 2.77. The van der Waals surface area contributed by atoms with E-state index in [1.807, 2.05) is 0 Å². The summed E-state index contributed by atoms with van der Waals surface area (Å²) in [5, 5.41) is 2.63. The van der Waals surface area contributed by atoms with Crippen LogP contribution in [0.5, 0.6) is 5.75 Å². The van der Waals surface area contributed by atoms with Crippen molar-refractivity contribution in [2.75, 3.05) is 17.9 Å². The van der Waals surface area contributed by atoms with Crippen molar-refractivity contribution in [2.24, 2.45) is 0 Å². The average molecular weight is 417 g/mol. The fraction of sp³-hybridized carbons (Fsp3) is 0.105. The van der Waals surface area contributed by atoms with Gasteiger partial charge in [-0.25, -0.2) is 22.9 Å². The molecule has 11 heteroatoms. The number of benzene rings is 2. The second-order valence-corrected chi connectivity index (χ2v) is 6.20. The number of rotatable bonds is 5. The van der Waals surface area contributed by atoms with Crippen LogP contribution in [0, 0.1) is 24.4 Å². The van der Waals surface area contributed by atoms with Gasteiger partial charge in [-0.15, -0.1) is 0 Å². The molecule has 0 saturated heterocycles. The monoisotopic (exact) mass is 417 g/mol. The largest absolute Gasteiger partial charge is 0.491 e. The van der Waals surface area contributed by atoms with Gasteiger partial charge in [0.15, 0.2) is 34.6 Å². The average Bonchev–Trinajstić information content (AvgIpc) is 3.04. The summed E-state index contributed by atoms with van der Waals surface area (Å²) in [6.07, 6.45) is 1.42. The SMILES string of the molecule is COc1c(F)ccc(Nc2ncc(C)c(Nn3c(=O)oc4c(F)cccc43)n2)c1F. The van der Waals surface area contributed by atoms with Crippen LogP contribution in [0.25, 0.3) is 11.1 Å². The highest BCUT2D eigenvalue weighted by atomic mass is 19.1. The number of hydrogen-bond acceptors (Lipinski definition) is 7. The molecule has 0 unspecified atom stereocenters. The summed E-state index contributed by atoms with van der Waals surface area (Å²) in [5.74, 6) is -3.76. The number of fused-ring (bicyclic) bond motifs is 1. The molecule has 0 atom stereocenters. The van der Waals surface area contributed by atoms with Gasteiger partial charge in [0, 0.05) is 11.8 Å². The molecule has 0 spiro atoms. The number of ether oxygens (including phenoxy) is 1. The molecule has 4 aromatic rings. The Hall–Kier alpha value is -4.02. The Morgan fingerprint density at radius 1 is 1.13 bits per heavy atom. The minimum Gasteiger partial charge on any atom is -0.491 e. The van der Waals surface area contributed by atoms with Crippen molar-refractivity contribution >= 4 is 28.6 Å². The van der Waals surface area contributed by atoms with Gasteiger partial charge >= 0.3 is 5.76 Å². The van der Waals surface area contributed by atoms with E-state index in [1.54, 1.807) is 6.92 Å². The quantitative estimate of drug-likeness (QED) is 0.511. The minimum atomic E-state index is -0.955. The molecule has 2 aromatic carbocycles. The molecule has 8 nitrogen and oxygen atoms in total. The van der Waals surface area contributed by atoms with Crippen LogP contribution in [0.4, 0.5) is 30.6 Å². The van der Waals surface area contributed by atoms with E-state index >= 15 is 0 Å². The summed E-state index contributed by atoms with van der Waals surface area (Å²) < 4.78 is 52.4. The normalized spacial score (nSPS) is 11.0. The summed E-state index contributed by atoms with van der Waals surface area (Å²) in [5.41, 5.74) is 3.12. The lowest BCUT2D eigenvalue weighted by Crippen LogP contribution is -2.23. The highest BCUT2D eigenvalue weighted by molar-refractivity contribution is 5.74. The molecule has 4 rings (SSSR count). The first-order valence-corrected chi connectivity index (χ1v) is 8.58. The highest BCUT2D eigenvalue weighted by Gasteiger charge is 2.17. The molecular formula is C19H14F3N5O3. The number of oxazole rings is 1. The highest BCUT2D eigenvalue weighted by Crippen LogP contribution is 2.29. The summed E-state index contributed by atoms with van der Waals surface area (Å²) in [6.45, 7) is 1.67. The van der Waals surface area contributed by atoms with Crippen molar-refractivity contribution in [3.8, 4) is 5.75 Å². The van der Waals surface area contributed by atoms with E-state index in [2.05, 4.69) is 20.7 Å². The summed E-state index contributed by atoms with van der Waals surface area (Å²) >= 11 is 0. The van der Waals surface area contributed by atoms with Crippen molar-refractivity contribution in [3.05, 3.63) is 70.1 Å². The molecule has 154 valence electrons. The van der Waals surface area contributed by atoms with Crippen LogP contribution in [-0.2, 0) is 0 Å². The van der Waals surface area contributed by atoms with Gasteiger partial charge in [-0.05, 0) is 31.2 Å². The van der Waals surface area contributed by atoms with Crippen molar-refractivity contribution in [3.63, 3.8) is 0 Å². The molecule has 2 heterocycles. The first kappa shape index (κ1) is 19.3. The zero-order valence-corrected chi connectivity index (χ0v) is 15.7. The number of nitrogens with one attached hydrogen (secondary N) is 2. The number of hydrogen-bond donors (Lipinski definition) is 2. The van der Waals surface area contributed by atoms with Gasteiger partial charge in [-0.2, -0.15) is 9.66 Å². The fourth-order valence-corrected chi connectivity index (χ4v) is 2.77. The maximum Gasteiger partial charge on any atom is 0.439 e. The van der Waals surface area contributed by atoms with Crippen LogP contribution < -0.4 is 21.2 Å². The molecule has 0 aliphatic carbocycles. The number of anilines is 3. The lowest BCUT2D eigenvalue weighted by Gasteiger charge is -2.12. The van der Waals surface area contributed by atoms with Gasteiger partial charge in [0.25, 0.3) is 0 Å². The zero-order valence-electron chi connectivity index (χ0n) is 15.7. The third-order valence-electron chi connectivity index (χ3n) is 4.25. The maximum atomic E-state index is 14.4. The van der Waals surface area contributed by atoms with Crippen LogP contribution >= 0.6 is 0 Å². The van der Waals surface area contributed by atoms with Crippen LogP contribution in [0.2, 0.25) is 0 Å². The molecule has 0 fully saturated rings. The first-order chi connectivity index (χ1) is 14.4. The van der Waals surface area contributed by atoms with E-state index in [0.717, 1.165) is 17.9 Å². The number of halogens is 3. The Labute approximate surface area is 166 Å². The predicted octanol–water partition coefficient (Wildman–Crippen LogP) is 3.74. The first-order valence-electron chi connectivity index (χ1n) is 8.58. The van der Waals surface area contributed by atoms with Gasteiger partial charge in [-0.3, -0.25) is 5.43 Å². The molecule has 2 aromatic heterocycles. The minimum absolute atomic E-state index is 0.0392. The molecular weight excluding hydrogens is 403 g/mol.